The number of rotatable bonds is 4. The second-order valence-corrected chi connectivity index (χ2v) is 5.52. The Kier molecular flexibility index (Phi) is 4.22. The summed E-state index contributed by atoms with van der Waals surface area (Å²) in [4.78, 5) is 0. The zero-order valence-corrected chi connectivity index (χ0v) is 9.17. The number of aliphatic hydroxyl groups is 1. The second kappa shape index (κ2) is 4.98. The van der Waals surface area contributed by atoms with Crippen molar-refractivity contribution in [2.24, 2.45) is 0 Å². The Morgan fingerprint density at radius 1 is 1.55 bits per heavy atom. The van der Waals surface area contributed by atoms with Crippen molar-refractivity contribution < 1.29 is 5.11 Å². The third kappa shape index (κ3) is 2.99. The molecular formula is C9H14OTe. The van der Waals surface area contributed by atoms with E-state index in [0.29, 0.717) is 0 Å². The first-order valence-electron chi connectivity index (χ1n) is 4.04. The van der Waals surface area contributed by atoms with Crippen LogP contribution in [0.1, 0.15) is 28.9 Å². The Hall–Kier alpha value is 0.230. The van der Waals surface area contributed by atoms with E-state index in [4.69, 9.17) is 5.11 Å². The zero-order valence-electron chi connectivity index (χ0n) is 6.84. The molecule has 0 bridgehead atoms. The molecule has 0 aromatic carbocycles. The molecule has 1 heterocycles. The topological polar surface area (TPSA) is 20.2 Å². The quantitative estimate of drug-likeness (QED) is 0.820. The van der Waals surface area contributed by atoms with E-state index in [1.54, 1.807) is 3.58 Å². The maximum atomic E-state index is 8.82. The van der Waals surface area contributed by atoms with E-state index >= 15 is 0 Å². The Labute approximate surface area is 77.7 Å². The Bertz CT molecular complexity index is 205. The van der Waals surface area contributed by atoms with Crippen LogP contribution in [0.5, 0.6) is 0 Å². The maximum absolute atomic E-state index is 8.82. The molecule has 1 rings (SSSR count). The summed E-state index contributed by atoms with van der Waals surface area (Å²) in [5.41, 5.74) is 1.15. The van der Waals surface area contributed by atoms with Crippen LogP contribution in [0.3, 0.4) is 0 Å². The van der Waals surface area contributed by atoms with Crippen LogP contribution in [-0.2, 0) is 13.0 Å². The van der Waals surface area contributed by atoms with Gasteiger partial charge in [0.25, 0.3) is 0 Å². The van der Waals surface area contributed by atoms with Gasteiger partial charge >= 0.3 is 77.6 Å². The van der Waals surface area contributed by atoms with Gasteiger partial charge in [-0.15, -0.1) is 0 Å². The molecule has 0 unspecified atom stereocenters. The Morgan fingerprint density at radius 3 is 2.91 bits per heavy atom. The number of hydrogen-bond acceptors (Lipinski definition) is 1. The van der Waals surface area contributed by atoms with Crippen molar-refractivity contribution >= 4 is 20.4 Å². The predicted molar refractivity (Wildman–Crippen MR) is 47.9 cm³/mol. The van der Waals surface area contributed by atoms with E-state index in [9.17, 15) is 0 Å². The third-order valence-electron chi connectivity index (χ3n) is 1.67. The molecule has 0 aliphatic carbocycles. The van der Waals surface area contributed by atoms with Crippen LogP contribution in [0.15, 0.2) is 10.1 Å². The summed E-state index contributed by atoms with van der Waals surface area (Å²) in [5, 5.41) is 8.82. The van der Waals surface area contributed by atoms with Crippen molar-refractivity contribution in [3.8, 4) is 0 Å². The summed E-state index contributed by atoms with van der Waals surface area (Å²) in [6.45, 7) is 2.46. The molecule has 0 atom stereocenters. The van der Waals surface area contributed by atoms with Gasteiger partial charge in [0.2, 0.25) is 0 Å². The van der Waals surface area contributed by atoms with Crippen molar-refractivity contribution in [1.82, 2.24) is 0 Å². The van der Waals surface area contributed by atoms with Crippen molar-refractivity contribution in [2.75, 3.05) is 0 Å². The van der Waals surface area contributed by atoms with Gasteiger partial charge < -0.3 is 0 Å². The van der Waals surface area contributed by atoms with E-state index < -0.39 is 0 Å². The number of aryl methyl sites for hydroxylation is 1. The van der Waals surface area contributed by atoms with E-state index in [-0.39, 0.29) is 27.0 Å². The molecule has 1 aromatic heterocycles. The number of aliphatic hydroxyl groups excluding tert-OH is 1. The van der Waals surface area contributed by atoms with E-state index in [1.165, 1.54) is 19.3 Å². The molecule has 1 nitrogen and oxygen atoms in total. The van der Waals surface area contributed by atoms with Crippen LogP contribution in [0.25, 0.3) is 0 Å². The second-order valence-electron chi connectivity index (χ2n) is 2.68. The van der Waals surface area contributed by atoms with Crippen molar-refractivity contribution in [3.05, 3.63) is 19.3 Å². The summed E-state index contributed by atoms with van der Waals surface area (Å²) in [6, 6.07) is 2.19. The van der Waals surface area contributed by atoms with Gasteiger partial charge in [-0.3, -0.25) is 0 Å². The van der Waals surface area contributed by atoms with Crippen LogP contribution < -0.4 is 0 Å². The molecule has 0 aliphatic heterocycles. The molecule has 0 saturated heterocycles. The van der Waals surface area contributed by atoms with Gasteiger partial charge in [0.1, 0.15) is 0 Å². The Balaban J connectivity index is 2.44. The molecule has 0 fully saturated rings. The molecule has 0 saturated carbocycles. The van der Waals surface area contributed by atoms with Gasteiger partial charge in [0.05, 0.1) is 0 Å². The summed E-state index contributed by atoms with van der Waals surface area (Å²) < 4.78 is 3.86. The zero-order chi connectivity index (χ0) is 8.10. The van der Waals surface area contributed by atoms with Gasteiger partial charge in [-0.1, -0.05) is 0 Å². The molecule has 0 aliphatic rings. The molecule has 2 heteroatoms. The van der Waals surface area contributed by atoms with Gasteiger partial charge in [0.15, 0.2) is 0 Å². The van der Waals surface area contributed by atoms with E-state index in [1.807, 2.05) is 0 Å². The van der Waals surface area contributed by atoms with Crippen molar-refractivity contribution in [3.63, 3.8) is 0 Å². The van der Waals surface area contributed by atoms with Crippen LogP contribution in [0, 0.1) is 0 Å². The predicted octanol–water partition coefficient (Wildman–Crippen LogP) is 1.58. The summed E-state index contributed by atoms with van der Waals surface area (Å²) in [6.07, 6.45) is 3.85. The van der Waals surface area contributed by atoms with Crippen LogP contribution in [0.4, 0.5) is 0 Å². The number of hydrogen-bond donors (Lipinski definition) is 1. The fourth-order valence-electron chi connectivity index (χ4n) is 0.991. The fourth-order valence-corrected chi connectivity index (χ4v) is 3.64. The van der Waals surface area contributed by atoms with E-state index in [0.717, 1.165) is 5.56 Å². The first-order valence-corrected chi connectivity index (χ1v) is 6.55. The standard InChI is InChI=1S/C9H14OTe/c1-2-3-4-9-5-8(6-10)7-11-9/h5,7,10H,2-4,6H2,1H3. The monoisotopic (exact) mass is 268 g/mol. The van der Waals surface area contributed by atoms with Crippen molar-refractivity contribution in [1.29, 1.82) is 0 Å². The fraction of sp³-hybridized carbons (Fsp3) is 0.556. The molecule has 62 valence electrons. The van der Waals surface area contributed by atoms with Crippen LogP contribution in [-0.4, -0.2) is 25.5 Å². The molecule has 0 spiro atoms. The van der Waals surface area contributed by atoms with Crippen molar-refractivity contribution in [2.45, 2.75) is 32.8 Å². The minimum absolute atomic E-state index is 0.00901. The van der Waals surface area contributed by atoms with Gasteiger partial charge in [-0.05, 0) is 0 Å². The summed E-state index contributed by atoms with van der Waals surface area (Å²) >= 11 is -0.00901. The average Bonchev–Trinajstić information content (AvgIpc) is 2.48. The summed E-state index contributed by atoms with van der Waals surface area (Å²) in [5.74, 6) is 0. The minimum atomic E-state index is -0.00901. The molecule has 0 amide bonds. The normalized spacial score (nSPS) is 10.4. The van der Waals surface area contributed by atoms with Crippen LogP contribution >= 0.6 is 0 Å². The van der Waals surface area contributed by atoms with Crippen LogP contribution in [0.2, 0.25) is 0 Å². The Morgan fingerprint density at radius 2 is 2.36 bits per heavy atom. The van der Waals surface area contributed by atoms with Gasteiger partial charge in [-0.25, -0.2) is 0 Å². The van der Waals surface area contributed by atoms with Gasteiger partial charge in [0, 0.05) is 0 Å². The summed E-state index contributed by atoms with van der Waals surface area (Å²) in [7, 11) is 0. The first kappa shape index (κ1) is 9.32. The van der Waals surface area contributed by atoms with Gasteiger partial charge in [-0.2, -0.15) is 0 Å². The average molecular weight is 266 g/mol. The SMILES string of the molecule is CCCCc1cc(CO)c[te]1. The molecule has 11 heavy (non-hydrogen) atoms. The molecular weight excluding hydrogens is 252 g/mol. The molecule has 1 N–H and O–H groups in total. The molecule has 1 aromatic rings. The number of unbranched alkanes of at least 4 members (excludes halogenated alkanes) is 1. The first-order chi connectivity index (χ1) is 5.36. The molecule has 0 radical (unpaired) electrons. The third-order valence-corrected chi connectivity index (χ3v) is 4.65. The van der Waals surface area contributed by atoms with E-state index in [2.05, 4.69) is 17.1 Å².